The summed E-state index contributed by atoms with van der Waals surface area (Å²) in [5, 5.41) is 2.87. The molecule has 0 bridgehead atoms. The number of nitrogen functional groups attached to an aromatic ring is 1. The summed E-state index contributed by atoms with van der Waals surface area (Å²) in [7, 11) is 0. The van der Waals surface area contributed by atoms with Crippen molar-refractivity contribution in [1.29, 1.82) is 0 Å². The quantitative estimate of drug-likeness (QED) is 0.455. The lowest BCUT2D eigenvalue weighted by Gasteiger charge is -2.28. The molecule has 0 aliphatic carbocycles. The number of hydrogen-bond acceptors (Lipinski definition) is 5. The second-order valence-electron chi connectivity index (χ2n) is 7.62. The Morgan fingerprint density at radius 1 is 0.938 bits per heavy atom. The lowest BCUT2D eigenvalue weighted by molar-refractivity contribution is 0.0989. The van der Waals surface area contributed by atoms with Crippen LogP contribution >= 0.6 is 0 Å². The second kappa shape index (κ2) is 9.62. The Morgan fingerprint density at radius 2 is 1.59 bits per heavy atom. The van der Waals surface area contributed by atoms with Gasteiger partial charge in [0.1, 0.15) is 5.82 Å². The summed E-state index contributed by atoms with van der Waals surface area (Å²) < 4.78 is 18.5. The van der Waals surface area contributed by atoms with Crippen LogP contribution in [0.4, 0.5) is 21.5 Å². The SMILES string of the molecule is Nc1cc(F)ccc1CC(=O)c1ccc(C(=O)Nc2ccc(N3CCOCC3)cc2)cc1. The molecule has 4 rings (SSSR count). The third-order valence-corrected chi connectivity index (χ3v) is 5.43. The summed E-state index contributed by atoms with van der Waals surface area (Å²) in [5.41, 5.74) is 9.29. The molecule has 164 valence electrons. The Labute approximate surface area is 185 Å². The molecule has 0 radical (unpaired) electrons. The minimum Gasteiger partial charge on any atom is -0.398 e. The summed E-state index contributed by atoms with van der Waals surface area (Å²) in [6.45, 7) is 3.14. The zero-order valence-electron chi connectivity index (χ0n) is 17.5. The van der Waals surface area contributed by atoms with E-state index in [-0.39, 0.29) is 23.8 Å². The smallest absolute Gasteiger partial charge is 0.255 e. The summed E-state index contributed by atoms with van der Waals surface area (Å²) in [6, 6.07) is 18.1. The van der Waals surface area contributed by atoms with Gasteiger partial charge in [-0.2, -0.15) is 0 Å². The highest BCUT2D eigenvalue weighted by Crippen LogP contribution is 2.20. The Kier molecular flexibility index (Phi) is 6.47. The molecular weight excluding hydrogens is 409 g/mol. The maximum Gasteiger partial charge on any atom is 0.255 e. The normalized spacial score (nSPS) is 13.6. The molecule has 0 atom stereocenters. The zero-order valence-corrected chi connectivity index (χ0v) is 17.5. The number of carbonyl (C=O) groups excluding carboxylic acids is 2. The van der Waals surface area contributed by atoms with Crippen molar-refractivity contribution in [2.75, 3.05) is 42.3 Å². The average Bonchev–Trinajstić information content (AvgIpc) is 2.82. The number of carbonyl (C=O) groups is 2. The van der Waals surface area contributed by atoms with E-state index in [0.29, 0.717) is 35.6 Å². The van der Waals surface area contributed by atoms with E-state index >= 15 is 0 Å². The van der Waals surface area contributed by atoms with Crippen LogP contribution in [-0.2, 0) is 11.2 Å². The van der Waals surface area contributed by atoms with Crippen LogP contribution in [0.15, 0.2) is 66.7 Å². The molecule has 1 heterocycles. The molecule has 3 aromatic rings. The molecule has 0 saturated carbocycles. The minimum atomic E-state index is -0.440. The van der Waals surface area contributed by atoms with Crippen molar-refractivity contribution in [1.82, 2.24) is 0 Å². The van der Waals surface area contributed by atoms with E-state index in [4.69, 9.17) is 10.5 Å². The molecule has 3 aromatic carbocycles. The van der Waals surface area contributed by atoms with E-state index in [1.54, 1.807) is 24.3 Å². The number of anilines is 3. The van der Waals surface area contributed by atoms with Gasteiger partial charge in [-0.25, -0.2) is 4.39 Å². The Hall–Kier alpha value is -3.71. The van der Waals surface area contributed by atoms with E-state index in [0.717, 1.165) is 18.8 Å². The predicted octanol–water partition coefficient (Wildman–Crippen LogP) is 3.92. The van der Waals surface area contributed by atoms with Gasteiger partial charge < -0.3 is 20.7 Å². The number of benzene rings is 3. The average molecular weight is 433 g/mol. The van der Waals surface area contributed by atoms with Crippen LogP contribution in [0.3, 0.4) is 0 Å². The monoisotopic (exact) mass is 433 g/mol. The fourth-order valence-corrected chi connectivity index (χ4v) is 3.59. The lowest BCUT2D eigenvalue weighted by Crippen LogP contribution is -2.36. The highest BCUT2D eigenvalue weighted by Gasteiger charge is 2.13. The molecule has 3 N–H and O–H groups in total. The first kappa shape index (κ1) is 21.5. The zero-order chi connectivity index (χ0) is 22.5. The number of morpholine rings is 1. The molecule has 0 aromatic heterocycles. The van der Waals surface area contributed by atoms with Crippen LogP contribution in [0.1, 0.15) is 26.3 Å². The number of nitrogens with one attached hydrogen (secondary N) is 1. The summed E-state index contributed by atoms with van der Waals surface area (Å²) in [5.74, 6) is -0.857. The van der Waals surface area contributed by atoms with E-state index in [1.165, 1.54) is 18.2 Å². The number of amides is 1. The number of rotatable bonds is 6. The van der Waals surface area contributed by atoms with Gasteiger partial charge in [-0.3, -0.25) is 9.59 Å². The van der Waals surface area contributed by atoms with Crippen LogP contribution < -0.4 is 16.0 Å². The van der Waals surface area contributed by atoms with E-state index in [1.807, 2.05) is 24.3 Å². The van der Waals surface area contributed by atoms with Gasteiger partial charge in [-0.1, -0.05) is 18.2 Å². The van der Waals surface area contributed by atoms with E-state index in [9.17, 15) is 14.0 Å². The number of Topliss-reactive ketones (excluding diaryl/α,β-unsaturated/α-hetero) is 1. The van der Waals surface area contributed by atoms with Gasteiger partial charge in [0, 0.05) is 47.7 Å². The number of ether oxygens (including phenoxy) is 1. The van der Waals surface area contributed by atoms with Gasteiger partial charge in [0.05, 0.1) is 13.2 Å². The molecule has 1 aliphatic rings. The Bertz CT molecular complexity index is 1110. The number of hydrogen-bond donors (Lipinski definition) is 2. The van der Waals surface area contributed by atoms with Crippen molar-refractivity contribution in [3.63, 3.8) is 0 Å². The van der Waals surface area contributed by atoms with Crippen molar-refractivity contribution in [3.8, 4) is 0 Å². The van der Waals surface area contributed by atoms with Gasteiger partial charge in [-0.05, 0) is 54.1 Å². The molecule has 1 fully saturated rings. The molecule has 6 nitrogen and oxygen atoms in total. The third-order valence-electron chi connectivity index (χ3n) is 5.43. The molecular formula is C25H24FN3O3. The van der Waals surface area contributed by atoms with Crippen molar-refractivity contribution in [2.24, 2.45) is 0 Å². The first-order valence-electron chi connectivity index (χ1n) is 10.4. The van der Waals surface area contributed by atoms with Crippen LogP contribution in [-0.4, -0.2) is 38.0 Å². The molecule has 0 spiro atoms. The second-order valence-corrected chi connectivity index (χ2v) is 7.62. The van der Waals surface area contributed by atoms with E-state index < -0.39 is 5.82 Å². The highest BCUT2D eigenvalue weighted by atomic mass is 19.1. The fraction of sp³-hybridized carbons (Fsp3) is 0.200. The Morgan fingerprint density at radius 3 is 2.25 bits per heavy atom. The topological polar surface area (TPSA) is 84.7 Å². The van der Waals surface area contributed by atoms with Crippen LogP contribution in [0.5, 0.6) is 0 Å². The summed E-state index contributed by atoms with van der Waals surface area (Å²) in [6.07, 6.45) is 0.0626. The summed E-state index contributed by atoms with van der Waals surface area (Å²) >= 11 is 0. The van der Waals surface area contributed by atoms with Gasteiger partial charge in [-0.15, -0.1) is 0 Å². The van der Waals surface area contributed by atoms with Crippen molar-refractivity contribution < 1.29 is 18.7 Å². The van der Waals surface area contributed by atoms with Crippen LogP contribution in [0.2, 0.25) is 0 Å². The van der Waals surface area contributed by atoms with Crippen molar-refractivity contribution in [3.05, 3.63) is 89.2 Å². The lowest BCUT2D eigenvalue weighted by atomic mass is 10.0. The molecule has 1 amide bonds. The first-order valence-corrected chi connectivity index (χ1v) is 10.4. The largest absolute Gasteiger partial charge is 0.398 e. The number of halogens is 1. The Balaban J connectivity index is 1.36. The van der Waals surface area contributed by atoms with Crippen LogP contribution in [0.25, 0.3) is 0 Å². The molecule has 7 heteroatoms. The van der Waals surface area contributed by atoms with Gasteiger partial charge in [0.2, 0.25) is 0 Å². The predicted molar refractivity (Wildman–Crippen MR) is 123 cm³/mol. The van der Waals surface area contributed by atoms with Crippen molar-refractivity contribution in [2.45, 2.75) is 6.42 Å². The van der Waals surface area contributed by atoms with Crippen LogP contribution in [0, 0.1) is 5.82 Å². The number of nitrogens with two attached hydrogens (primary N) is 1. The molecule has 32 heavy (non-hydrogen) atoms. The molecule has 1 saturated heterocycles. The van der Waals surface area contributed by atoms with E-state index in [2.05, 4.69) is 10.2 Å². The first-order chi connectivity index (χ1) is 15.5. The third kappa shape index (κ3) is 5.12. The van der Waals surface area contributed by atoms with Gasteiger partial charge in [0.15, 0.2) is 5.78 Å². The van der Waals surface area contributed by atoms with Crippen molar-refractivity contribution >= 4 is 28.8 Å². The van der Waals surface area contributed by atoms with Gasteiger partial charge >= 0.3 is 0 Å². The minimum absolute atomic E-state index is 0.0626. The summed E-state index contributed by atoms with van der Waals surface area (Å²) in [4.78, 5) is 27.3. The van der Waals surface area contributed by atoms with Gasteiger partial charge in [0.25, 0.3) is 5.91 Å². The molecule has 1 aliphatic heterocycles. The standard InChI is InChI=1S/C25H24FN3O3/c26-20-6-5-19(23(27)16-20)15-24(30)17-1-3-18(4-2-17)25(31)28-21-7-9-22(10-8-21)29-11-13-32-14-12-29/h1-10,16H,11-15,27H2,(H,28,31). The molecule has 0 unspecified atom stereocenters. The maximum atomic E-state index is 13.2. The maximum absolute atomic E-state index is 13.2. The number of ketones is 1. The number of nitrogens with zero attached hydrogens (tertiary/aromatic N) is 1. The highest BCUT2D eigenvalue weighted by molar-refractivity contribution is 6.05. The fourth-order valence-electron chi connectivity index (χ4n) is 3.59.